The van der Waals surface area contributed by atoms with Crippen molar-refractivity contribution in [3.63, 3.8) is 0 Å². The number of hydrogen-bond acceptors (Lipinski definition) is 7. The van der Waals surface area contributed by atoms with Crippen molar-refractivity contribution in [1.82, 2.24) is 20.4 Å². The van der Waals surface area contributed by atoms with Gasteiger partial charge in [-0.1, -0.05) is 5.16 Å². The largest absolute Gasteiger partial charge is 0.497 e. The molecule has 1 N–H and O–H groups in total. The minimum Gasteiger partial charge on any atom is -0.497 e. The maximum atomic E-state index is 12.6. The fourth-order valence-electron chi connectivity index (χ4n) is 4.19. The average Bonchev–Trinajstić information content (AvgIpc) is 3.29. The zero-order valence-corrected chi connectivity index (χ0v) is 17.8. The molecule has 8 heteroatoms. The van der Waals surface area contributed by atoms with Crippen molar-refractivity contribution in [2.45, 2.75) is 25.7 Å². The van der Waals surface area contributed by atoms with Crippen molar-refractivity contribution in [2.75, 3.05) is 51.8 Å². The zero-order valence-electron chi connectivity index (χ0n) is 17.8. The average molecular weight is 414 g/mol. The van der Waals surface area contributed by atoms with Gasteiger partial charge in [0.2, 0.25) is 11.7 Å². The third-order valence-electron chi connectivity index (χ3n) is 6.30. The Balaban J connectivity index is 1.25. The number of carbonyl (C=O) groups excluding carboxylic acids is 1. The molecule has 0 spiro atoms. The molecule has 4 rings (SSSR count). The van der Waals surface area contributed by atoms with Crippen LogP contribution in [0.5, 0.6) is 5.75 Å². The fourth-order valence-corrected chi connectivity index (χ4v) is 4.19. The molecule has 1 aromatic carbocycles. The number of nitrogens with one attached hydrogen (secondary N) is 1. The van der Waals surface area contributed by atoms with E-state index in [2.05, 4.69) is 32.3 Å². The summed E-state index contributed by atoms with van der Waals surface area (Å²) in [4.78, 5) is 21.5. The number of likely N-dealkylation sites (tertiary alicyclic amines) is 1. The maximum Gasteiger partial charge on any atom is 0.324 e. The van der Waals surface area contributed by atoms with Crippen LogP contribution in [0.4, 0.5) is 6.01 Å². The lowest BCUT2D eigenvalue weighted by molar-refractivity contribution is -0.125. The summed E-state index contributed by atoms with van der Waals surface area (Å²) in [6.45, 7) is 4.55. The smallest absolute Gasteiger partial charge is 0.324 e. The zero-order chi connectivity index (χ0) is 20.9. The molecule has 0 aliphatic carbocycles. The van der Waals surface area contributed by atoms with Crippen molar-refractivity contribution >= 4 is 11.9 Å². The van der Waals surface area contributed by atoms with Gasteiger partial charge in [-0.05, 0) is 76.0 Å². The summed E-state index contributed by atoms with van der Waals surface area (Å²) in [6, 6.07) is 8.09. The number of hydrogen-bond donors (Lipinski definition) is 1. The van der Waals surface area contributed by atoms with E-state index in [1.54, 1.807) is 7.11 Å². The summed E-state index contributed by atoms with van der Waals surface area (Å²) in [5.74, 6) is 2.22. The van der Waals surface area contributed by atoms with Crippen LogP contribution < -0.4 is 15.0 Å². The van der Waals surface area contributed by atoms with Crippen LogP contribution in [0, 0.1) is 11.8 Å². The molecule has 1 aromatic heterocycles. The molecule has 0 bridgehead atoms. The van der Waals surface area contributed by atoms with Crippen LogP contribution in [0.3, 0.4) is 0 Å². The van der Waals surface area contributed by atoms with E-state index in [9.17, 15) is 4.79 Å². The highest BCUT2D eigenvalue weighted by atomic mass is 16.5. The number of carbonyl (C=O) groups is 1. The molecule has 2 aliphatic rings. The summed E-state index contributed by atoms with van der Waals surface area (Å²) >= 11 is 0. The van der Waals surface area contributed by atoms with E-state index in [0.717, 1.165) is 56.9 Å². The van der Waals surface area contributed by atoms with Crippen LogP contribution in [0.1, 0.15) is 25.7 Å². The van der Waals surface area contributed by atoms with E-state index in [1.165, 1.54) is 12.8 Å². The Labute approximate surface area is 177 Å². The number of ether oxygens (including phenoxy) is 1. The molecule has 2 fully saturated rings. The normalized spacial score (nSPS) is 19.1. The van der Waals surface area contributed by atoms with Crippen molar-refractivity contribution in [3.8, 4) is 17.1 Å². The van der Waals surface area contributed by atoms with Crippen LogP contribution in [-0.2, 0) is 4.79 Å². The topological polar surface area (TPSA) is 83.7 Å². The van der Waals surface area contributed by atoms with Gasteiger partial charge in [0.1, 0.15) is 5.75 Å². The molecule has 2 aromatic rings. The van der Waals surface area contributed by atoms with E-state index < -0.39 is 0 Å². The number of methoxy groups -OCH3 is 1. The Bertz CT molecular complexity index is 822. The van der Waals surface area contributed by atoms with Gasteiger partial charge in [-0.3, -0.25) is 4.79 Å². The first-order chi connectivity index (χ1) is 14.6. The molecule has 2 aliphatic heterocycles. The van der Waals surface area contributed by atoms with Crippen molar-refractivity contribution in [2.24, 2.45) is 11.8 Å². The summed E-state index contributed by atoms with van der Waals surface area (Å²) in [5.41, 5.74) is 0.883. The van der Waals surface area contributed by atoms with Crippen molar-refractivity contribution in [1.29, 1.82) is 0 Å². The Kier molecular flexibility index (Phi) is 6.52. The lowest BCUT2D eigenvalue weighted by Gasteiger charge is -2.31. The summed E-state index contributed by atoms with van der Waals surface area (Å²) in [6.07, 6.45) is 3.95. The second-order valence-corrected chi connectivity index (χ2v) is 8.38. The van der Waals surface area contributed by atoms with Crippen molar-refractivity contribution < 1.29 is 14.1 Å². The van der Waals surface area contributed by atoms with Crippen LogP contribution in [0.2, 0.25) is 0 Å². The number of amides is 1. The van der Waals surface area contributed by atoms with Gasteiger partial charge in [0.15, 0.2) is 0 Å². The van der Waals surface area contributed by atoms with E-state index in [0.29, 0.717) is 17.8 Å². The number of aromatic nitrogens is 2. The lowest BCUT2D eigenvalue weighted by Crippen LogP contribution is -2.43. The number of anilines is 1. The molecular weight excluding hydrogens is 382 g/mol. The molecule has 0 atom stereocenters. The van der Waals surface area contributed by atoms with Gasteiger partial charge >= 0.3 is 6.01 Å². The quantitative estimate of drug-likeness (QED) is 0.779. The molecule has 162 valence electrons. The molecule has 0 saturated carbocycles. The second kappa shape index (κ2) is 9.47. The van der Waals surface area contributed by atoms with Gasteiger partial charge in [-0.25, -0.2) is 0 Å². The van der Waals surface area contributed by atoms with E-state index in [-0.39, 0.29) is 11.8 Å². The molecule has 2 saturated heterocycles. The van der Waals surface area contributed by atoms with Gasteiger partial charge in [0.05, 0.1) is 7.11 Å². The Morgan fingerprint density at radius 1 is 1.13 bits per heavy atom. The Morgan fingerprint density at radius 3 is 2.50 bits per heavy atom. The molecule has 3 heterocycles. The number of benzene rings is 1. The van der Waals surface area contributed by atoms with Gasteiger partial charge in [0, 0.05) is 31.1 Å². The Morgan fingerprint density at radius 2 is 1.83 bits per heavy atom. The van der Waals surface area contributed by atoms with E-state index in [1.807, 2.05) is 24.3 Å². The highest BCUT2D eigenvalue weighted by Gasteiger charge is 2.28. The first-order valence-electron chi connectivity index (χ1n) is 10.8. The van der Waals surface area contributed by atoms with Crippen LogP contribution in [0.25, 0.3) is 11.4 Å². The summed E-state index contributed by atoms with van der Waals surface area (Å²) < 4.78 is 10.7. The van der Waals surface area contributed by atoms with Gasteiger partial charge in [-0.2, -0.15) is 4.98 Å². The maximum absolute atomic E-state index is 12.6. The molecule has 0 unspecified atom stereocenters. The number of nitrogens with zero attached hydrogens (tertiary/aromatic N) is 4. The monoisotopic (exact) mass is 413 g/mol. The first-order valence-corrected chi connectivity index (χ1v) is 10.8. The Hall–Kier alpha value is -2.61. The van der Waals surface area contributed by atoms with Crippen LogP contribution >= 0.6 is 0 Å². The third-order valence-corrected chi connectivity index (χ3v) is 6.30. The molecule has 8 nitrogen and oxygen atoms in total. The van der Waals surface area contributed by atoms with E-state index >= 15 is 0 Å². The van der Waals surface area contributed by atoms with Gasteiger partial charge in [-0.15, -0.1) is 0 Å². The van der Waals surface area contributed by atoms with Crippen LogP contribution in [0.15, 0.2) is 28.8 Å². The highest BCUT2D eigenvalue weighted by molar-refractivity contribution is 5.78. The van der Waals surface area contributed by atoms with Crippen molar-refractivity contribution in [3.05, 3.63) is 24.3 Å². The second-order valence-electron chi connectivity index (χ2n) is 8.38. The highest BCUT2D eigenvalue weighted by Crippen LogP contribution is 2.26. The molecule has 1 amide bonds. The molecule has 30 heavy (non-hydrogen) atoms. The standard InChI is InChI=1S/C22H31N5O3/c1-26-11-7-16(8-12-26)15-23-21(28)18-9-13-27(14-10-18)22-24-20(25-30-22)17-3-5-19(29-2)6-4-17/h3-6,16,18H,7-15H2,1-2H3,(H,23,28). The minimum absolute atomic E-state index is 0.0662. The van der Waals surface area contributed by atoms with Gasteiger partial charge in [0.25, 0.3) is 0 Å². The lowest BCUT2D eigenvalue weighted by atomic mass is 9.94. The summed E-state index contributed by atoms with van der Waals surface area (Å²) in [5, 5.41) is 7.30. The third kappa shape index (κ3) is 4.92. The molecular formula is C22H31N5O3. The summed E-state index contributed by atoms with van der Waals surface area (Å²) in [7, 11) is 3.80. The molecule has 0 radical (unpaired) electrons. The SMILES string of the molecule is COc1ccc(-c2noc(N3CCC(C(=O)NCC4CCN(C)CC4)CC3)n2)cc1. The number of rotatable bonds is 6. The first kappa shape index (κ1) is 20.7. The fraction of sp³-hybridized carbons (Fsp3) is 0.591. The van der Waals surface area contributed by atoms with E-state index in [4.69, 9.17) is 9.26 Å². The van der Waals surface area contributed by atoms with Gasteiger partial charge < -0.3 is 24.4 Å². The van der Waals surface area contributed by atoms with Crippen LogP contribution in [-0.4, -0.2) is 67.8 Å². The predicted octanol–water partition coefficient (Wildman–Crippen LogP) is 2.42. The minimum atomic E-state index is 0.0662. The predicted molar refractivity (Wildman–Crippen MR) is 114 cm³/mol. The number of piperidine rings is 2.